The van der Waals surface area contributed by atoms with Crippen molar-refractivity contribution in [3.8, 4) is 45.4 Å². The van der Waals surface area contributed by atoms with E-state index in [0.717, 1.165) is 49.9 Å². The smallest absolute Gasteiger partial charge is 0.164 e. The van der Waals surface area contributed by atoms with Gasteiger partial charge in [0, 0.05) is 65.5 Å². The van der Waals surface area contributed by atoms with E-state index in [-0.39, 0.29) is 0 Å². The van der Waals surface area contributed by atoms with Crippen molar-refractivity contribution in [1.29, 1.82) is 0 Å². The zero-order valence-corrected chi connectivity index (χ0v) is 26.3. The molecule has 4 aromatic heterocycles. The van der Waals surface area contributed by atoms with Gasteiger partial charge in [-0.15, -0.1) is 11.3 Å². The predicted molar refractivity (Wildman–Crippen MR) is 197 cm³/mol. The zero-order chi connectivity index (χ0) is 31.6. The van der Waals surface area contributed by atoms with Crippen LogP contribution in [0.3, 0.4) is 0 Å². The highest BCUT2D eigenvalue weighted by atomic mass is 32.1. The minimum absolute atomic E-state index is 0.586. The van der Waals surface area contributed by atoms with Crippen molar-refractivity contribution in [3.63, 3.8) is 0 Å². The Morgan fingerprint density at radius 1 is 0.479 bits per heavy atom. The van der Waals surface area contributed by atoms with Gasteiger partial charge in [-0.3, -0.25) is 4.98 Å². The van der Waals surface area contributed by atoms with Crippen LogP contribution in [0.2, 0.25) is 0 Å². The van der Waals surface area contributed by atoms with Crippen LogP contribution < -0.4 is 0 Å². The van der Waals surface area contributed by atoms with E-state index in [1.807, 2.05) is 96.4 Å². The second-order valence-corrected chi connectivity index (χ2v) is 12.9. The Hall–Kier alpha value is -6.24. The first-order chi connectivity index (χ1) is 23.8. The molecule has 0 spiro atoms. The molecule has 0 saturated heterocycles. The summed E-state index contributed by atoms with van der Waals surface area (Å²) in [5, 5.41) is 6.92. The number of benzene rings is 6. The maximum absolute atomic E-state index is 6.53. The topological polar surface area (TPSA) is 64.7 Å². The summed E-state index contributed by atoms with van der Waals surface area (Å²) in [6.07, 6.45) is 1.93. The van der Waals surface area contributed by atoms with Crippen molar-refractivity contribution in [2.24, 2.45) is 0 Å². The Morgan fingerprint density at radius 3 is 1.94 bits per heavy atom. The van der Waals surface area contributed by atoms with Crippen LogP contribution in [0.1, 0.15) is 0 Å². The monoisotopic (exact) mass is 632 g/mol. The molecular formula is C42H24N4OS. The van der Waals surface area contributed by atoms with Gasteiger partial charge < -0.3 is 4.42 Å². The number of furan rings is 1. The first-order valence-electron chi connectivity index (χ1n) is 15.8. The van der Waals surface area contributed by atoms with E-state index in [0.29, 0.717) is 17.5 Å². The third kappa shape index (κ3) is 4.24. The Kier molecular flexibility index (Phi) is 5.98. The number of rotatable bonds is 4. The van der Waals surface area contributed by atoms with Gasteiger partial charge in [0.2, 0.25) is 0 Å². The number of nitrogens with zero attached hydrogens (tertiary/aromatic N) is 4. The summed E-state index contributed by atoms with van der Waals surface area (Å²) in [6.45, 7) is 0. The van der Waals surface area contributed by atoms with Crippen LogP contribution in [-0.2, 0) is 0 Å². The van der Waals surface area contributed by atoms with Crippen molar-refractivity contribution in [3.05, 3.63) is 146 Å². The van der Waals surface area contributed by atoms with Gasteiger partial charge >= 0.3 is 0 Å². The van der Waals surface area contributed by atoms with Crippen molar-refractivity contribution in [2.75, 3.05) is 0 Å². The molecule has 0 unspecified atom stereocenters. The first kappa shape index (κ1) is 26.9. The van der Waals surface area contributed by atoms with Crippen molar-refractivity contribution in [1.82, 2.24) is 19.9 Å². The van der Waals surface area contributed by atoms with E-state index in [1.165, 1.54) is 30.9 Å². The van der Waals surface area contributed by atoms with E-state index >= 15 is 0 Å². The van der Waals surface area contributed by atoms with Gasteiger partial charge in [-0.25, -0.2) is 15.0 Å². The molecule has 0 aliphatic carbocycles. The van der Waals surface area contributed by atoms with Gasteiger partial charge in [0.25, 0.3) is 0 Å². The SMILES string of the molecule is c1ccc(-c2nc(-c3ccccc3)nc(-c3cccc4oc5cc(-c6cccc7c6sc6ccc8ccccc8c67)ncc5c34)n2)cc1. The van der Waals surface area contributed by atoms with Gasteiger partial charge in [0.1, 0.15) is 11.2 Å². The second-order valence-electron chi connectivity index (χ2n) is 11.8. The van der Waals surface area contributed by atoms with E-state index in [4.69, 9.17) is 24.4 Å². The highest BCUT2D eigenvalue weighted by molar-refractivity contribution is 7.26. The molecule has 0 radical (unpaired) electrons. The summed E-state index contributed by atoms with van der Waals surface area (Å²) in [6, 6.07) is 47.7. The Balaban J connectivity index is 1.16. The molecule has 6 aromatic carbocycles. The van der Waals surface area contributed by atoms with E-state index in [2.05, 4.69) is 60.7 Å². The molecular weight excluding hydrogens is 609 g/mol. The fourth-order valence-corrected chi connectivity index (χ4v) is 7.99. The van der Waals surface area contributed by atoms with Crippen LogP contribution in [0.25, 0.3) is 98.3 Å². The lowest BCUT2D eigenvalue weighted by molar-refractivity contribution is 0.668. The lowest BCUT2D eigenvalue weighted by atomic mass is 10.0. The Morgan fingerprint density at radius 2 is 1.15 bits per heavy atom. The number of hydrogen-bond acceptors (Lipinski definition) is 6. The van der Waals surface area contributed by atoms with Gasteiger partial charge in [0.15, 0.2) is 17.5 Å². The number of fused-ring (bicyclic) bond motifs is 8. The maximum atomic E-state index is 6.53. The molecule has 0 atom stereocenters. The van der Waals surface area contributed by atoms with Crippen molar-refractivity contribution >= 4 is 64.2 Å². The van der Waals surface area contributed by atoms with Gasteiger partial charge in [-0.05, 0) is 22.9 Å². The number of aromatic nitrogens is 4. The molecule has 10 rings (SSSR count). The molecule has 0 bridgehead atoms. The molecule has 4 heterocycles. The van der Waals surface area contributed by atoms with Crippen molar-refractivity contribution < 1.29 is 4.42 Å². The highest BCUT2D eigenvalue weighted by Crippen LogP contribution is 2.43. The summed E-state index contributed by atoms with van der Waals surface area (Å²) in [4.78, 5) is 19.9. The average molecular weight is 633 g/mol. The largest absolute Gasteiger partial charge is 0.456 e. The third-order valence-electron chi connectivity index (χ3n) is 8.98. The Labute approximate surface area is 278 Å². The zero-order valence-electron chi connectivity index (χ0n) is 25.5. The Bertz CT molecular complexity index is 2780. The van der Waals surface area contributed by atoms with Crippen LogP contribution in [0.4, 0.5) is 0 Å². The summed E-state index contributed by atoms with van der Waals surface area (Å²) in [5.41, 5.74) is 6.23. The van der Waals surface area contributed by atoms with Crippen LogP contribution in [0.15, 0.2) is 150 Å². The minimum Gasteiger partial charge on any atom is -0.456 e. The molecule has 48 heavy (non-hydrogen) atoms. The average Bonchev–Trinajstić information content (AvgIpc) is 3.74. The summed E-state index contributed by atoms with van der Waals surface area (Å²) in [5.74, 6) is 1.82. The van der Waals surface area contributed by atoms with Crippen LogP contribution in [0.5, 0.6) is 0 Å². The molecule has 10 aromatic rings. The van der Waals surface area contributed by atoms with E-state index in [9.17, 15) is 0 Å². The van der Waals surface area contributed by atoms with Crippen LogP contribution >= 0.6 is 11.3 Å². The maximum Gasteiger partial charge on any atom is 0.164 e. The van der Waals surface area contributed by atoms with Gasteiger partial charge in [-0.2, -0.15) is 0 Å². The molecule has 0 N–H and O–H groups in total. The third-order valence-corrected chi connectivity index (χ3v) is 10.2. The molecule has 0 saturated carbocycles. The van der Waals surface area contributed by atoms with Gasteiger partial charge in [0.05, 0.1) is 5.69 Å². The van der Waals surface area contributed by atoms with E-state index in [1.54, 1.807) is 0 Å². The molecule has 0 fully saturated rings. The molecule has 0 aliphatic heterocycles. The first-order valence-corrected chi connectivity index (χ1v) is 16.6. The molecule has 0 amide bonds. The summed E-state index contributed by atoms with van der Waals surface area (Å²) < 4.78 is 9.02. The van der Waals surface area contributed by atoms with E-state index < -0.39 is 0 Å². The number of hydrogen-bond donors (Lipinski definition) is 0. The van der Waals surface area contributed by atoms with Crippen LogP contribution in [-0.4, -0.2) is 19.9 Å². The summed E-state index contributed by atoms with van der Waals surface area (Å²) in [7, 11) is 0. The molecule has 0 aliphatic rings. The minimum atomic E-state index is 0.586. The lowest BCUT2D eigenvalue weighted by Crippen LogP contribution is -2.00. The summed E-state index contributed by atoms with van der Waals surface area (Å²) >= 11 is 1.81. The molecule has 6 heteroatoms. The normalized spacial score (nSPS) is 11.8. The van der Waals surface area contributed by atoms with Gasteiger partial charge in [-0.1, -0.05) is 121 Å². The fourth-order valence-electron chi connectivity index (χ4n) is 6.75. The second kappa shape index (κ2) is 10.7. The lowest BCUT2D eigenvalue weighted by Gasteiger charge is -2.09. The standard InChI is InChI=1S/C42H24N4OS/c1-3-12-26(13-4-1)40-44-41(27-14-5-2-6-15-27)46-42(45-40)31-19-10-20-34-37(31)32-24-43-33(23-35(32)47-34)29-17-9-18-30-38-28-16-8-7-11-25(28)21-22-36(38)48-39(29)30/h1-24H. The van der Waals surface area contributed by atoms with Crippen LogP contribution in [0, 0.1) is 0 Å². The highest BCUT2D eigenvalue weighted by Gasteiger charge is 2.20. The van der Waals surface area contributed by atoms with Crippen molar-refractivity contribution in [2.45, 2.75) is 0 Å². The molecule has 5 nitrogen and oxygen atoms in total. The quantitative estimate of drug-likeness (QED) is 0.193. The fraction of sp³-hybridized carbons (Fsp3) is 0. The number of pyridine rings is 1. The predicted octanol–water partition coefficient (Wildman–Crippen LogP) is 11.4. The molecule has 224 valence electrons. The number of thiophene rings is 1.